The lowest BCUT2D eigenvalue weighted by molar-refractivity contribution is 0.103. The number of nitriles is 1. The van der Waals surface area contributed by atoms with Crippen LogP contribution in [0.4, 0.5) is 0 Å². The van der Waals surface area contributed by atoms with E-state index in [2.05, 4.69) is 16.3 Å². The van der Waals surface area contributed by atoms with Crippen LogP contribution in [0, 0.1) is 11.3 Å². The number of aromatic nitrogens is 3. The first kappa shape index (κ1) is 18.6. The Kier molecular flexibility index (Phi) is 5.21. The highest BCUT2D eigenvalue weighted by Crippen LogP contribution is 2.26. The van der Waals surface area contributed by atoms with Crippen LogP contribution < -0.4 is 0 Å². The molecule has 0 amide bonds. The molecular weight excluding hydrogens is 364 g/mol. The number of aryl methyl sites for hydroxylation is 1. The van der Waals surface area contributed by atoms with E-state index in [-0.39, 0.29) is 17.1 Å². The van der Waals surface area contributed by atoms with E-state index in [4.69, 9.17) is 0 Å². The van der Waals surface area contributed by atoms with Gasteiger partial charge < -0.3 is 9.67 Å². The average Bonchev–Trinajstić information content (AvgIpc) is 3.01. The van der Waals surface area contributed by atoms with E-state index in [0.29, 0.717) is 22.5 Å². The van der Waals surface area contributed by atoms with Gasteiger partial charge in [0.05, 0.1) is 0 Å². The first-order valence-corrected chi connectivity index (χ1v) is 9.65. The summed E-state index contributed by atoms with van der Waals surface area (Å²) in [6.45, 7) is 0.737. The lowest BCUT2D eigenvalue weighted by Gasteiger charge is -2.08. The van der Waals surface area contributed by atoms with Crippen molar-refractivity contribution >= 4 is 17.1 Å². The molecule has 1 N–H and O–H groups in total. The van der Waals surface area contributed by atoms with Crippen molar-refractivity contribution in [2.24, 2.45) is 0 Å². The zero-order valence-corrected chi connectivity index (χ0v) is 15.9. The normalized spacial score (nSPS) is 14.3. The van der Waals surface area contributed by atoms with Crippen molar-refractivity contribution in [3.63, 3.8) is 0 Å². The van der Waals surface area contributed by atoms with Gasteiger partial charge in [-0.3, -0.25) is 4.79 Å². The summed E-state index contributed by atoms with van der Waals surface area (Å²) in [7, 11) is 0. The number of ketones is 1. The van der Waals surface area contributed by atoms with E-state index in [1.165, 1.54) is 0 Å². The van der Waals surface area contributed by atoms with Crippen molar-refractivity contribution in [1.82, 2.24) is 14.8 Å². The number of hydrogen-bond donors (Lipinski definition) is 1. The minimum Gasteiger partial charge on any atom is -0.506 e. The molecule has 3 aromatic rings. The van der Waals surface area contributed by atoms with Gasteiger partial charge in [0.15, 0.2) is 11.6 Å². The number of hydrogen-bond acceptors (Lipinski definition) is 5. The number of nitrogens with zero attached hydrogens (tertiary/aromatic N) is 4. The van der Waals surface area contributed by atoms with Gasteiger partial charge in [0.25, 0.3) is 0 Å². The number of aliphatic hydroxyl groups excluding tert-OH is 1. The van der Waals surface area contributed by atoms with Crippen LogP contribution in [0.1, 0.15) is 52.4 Å². The van der Waals surface area contributed by atoms with Crippen molar-refractivity contribution in [3.05, 3.63) is 82.9 Å². The highest BCUT2D eigenvalue weighted by molar-refractivity contribution is 6.09. The lowest BCUT2D eigenvalue weighted by atomic mass is 10.0. The summed E-state index contributed by atoms with van der Waals surface area (Å²) in [5.74, 6) is 0.989. The zero-order valence-electron chi connectivity index (χ0n) is 15.9. The SMILES string of the molecule is N#CC(=C(O)c1ccc(C(=O)c2ccccc2)cc1)c1nnc2n1CCCCC2. The van der Waals surface area contributed by atoms with Crippen molar-refractivity contribution in [3.8, 4) is 6.07 Å². The van der Waals surface area contributed by atoms with Gasteiger partial charge in [-0.05, 0) is 12.8 Å². The summed E-state index contributed by atoms with van der Waals surface area (Å²) in [4.78, 5) is 12.5. The minimum atomic E-state index is -0.161. The van der Waals surface area contributed by atoms with Gasteiger partial charge in [0, 0.05) is 29.7 Å². The fourth-order valence-electron chi connectivity index (χ4n) is 3.56. The molecule has 0 unspecified atom stereocenters. The number of allylic oxidation sites excluding steroid dienone is 1. The third-order valence-electron chi connectivity index (χ3n) is 5.14. The largest absolute Gasteiger partial charge is 0.506 e. The molecular formula is C23H20N4O2. The smallest absolute Gasteiger partial charge is 0.193 e. The zero-order chi connectivity index (χ0) is 20.2. The number of carbonyl (C=O) groups is 1. The van der Waals surface area contributed by atoms with Gasteiger partial charge in [-0.15, -0.1) is 10.2 Å². The van der Waals surface area contributed by atoms with Crippen LogP contribution in [0.15, 0.2) is 54.6 Å². The number of benzene rings is 2. The predicted octanol–water partition coefficient (Wildman–Crippen LogP) is 4.19. The Balaban J connectivity index is 1.67. The van der Waals surface area contributed by atoms with Gasteiger partial charge >= 0.3 is 0 Å². The predicted molar refractivity (Wildman–Crippen MR) is 109 cm³/mol. The second kappa shape index (κ2) is 8.11. The molecule has 0 spiro atoms. The Hall–Kier alpha value is -3.72. The van der Waals surface area contributed by atoms with Crippen LogP contribution in [-0.2, 0) is 13.0 Å². The van der Waals surface area contributed by atoms with Gasteiger partial charge in [0.1, 0.15) is 23.2 Å². The van der Waals surface area contributed by atoms with Crippen molar-refractivity contribution < 1.29 is 9.90 Å². The molecule has 0 atom stereocenters. The van der Waals surface area contributed by atoms with Crippen molar-refractivity contribution in [1.29, 1.82) is 5.26 Å². The van der Waals surface area contributed by atoms with Gasteiger partial charge in [0.2, 0.25) is 0 Å². The van der Waals surface area contributed by atoms with Gasteiger partial charge in [-0.25, -0.2) is 0 Å². The van der Waals surface area contributed by atoms with E-state index in [1.54, 1.807) is 36.4 Å². The molecule has 0 fully saturated rings. The monoisotopic (exact) mass is 384 g/mol. The number of carbonyl (C=O) groups excluding carboxylic acids is 1. The topological polar surface area (TPSA) is 91.8 Å². The standard InChI is InChI=1S/C23H20N4O2/c24-15-19(23-26-25-20-9-5-2-6-14-27(20)23)22(29)18-12-10-17(11-13-18)21(28)16-7-3-1-4-8-16/h1,3-4,7-8,10-13,29H,2,5-6,9,14H2. The molecule has 0 bridgehead atoms. The summed E-state index contributed by atoms with van der Waals surface area (Å²) in [6, 6.07) is 17.7. The summed E-state index contributed by atoms with van der Waals surface area (Å²) in [5.41, 5.74) is 1.66. The highest BCUT2D eigenvalue weighted by Gasteiger charge is 2.21. The fourth-order valence-corrected chi connectivity index (χ4v) is 3.56. The van der Waals surface area contributed by atoms with Crippen molar-refractivity contribution in [2.45, 2.75) is 32.2 Å². The van der Waals surface area contributed by atoms with E-state index in [1.807, 2.05) is 22.8 Å². The maximum Gasteiger partial charge on any atom is 0.193 e. The van der Waals surface area contributed by atoms with Crippen LogP contribution in [0.3, 0.4) is 0 Å². The highest BCUT2D eigenvalue weighted by atomic mass is 16.3. The number of fused-ring (bicyclic) bond motifs is 1. The average molecular weight is 384 g/mol. The summed E-state index contributed by atoms with van der Waals surface area (Å²) >= 11 is 0. The quantitative estimate of drug-likeness (QED) is 0.414. The van der Waals surface area contributed by atoms with E-state index in [0.717, 1.165) is 38.1 Å². The molecule has 0 aliphatic carbocycles. The summed E-state index contributed by atoms with van der Waals surface area (Å²) < 4.78 is 1.93. The molecule has 6 nitrogen and oxygen atoms in total. The fraction of sp³-hybridized carbons (Fsp3) is 0.217. The van der Waals surface area contributed by atoms with Crippen LogP contribution in [0.25, 0.3) is 11.3 Å². The third-order valence-corrected chi connectivity index (χ3v) is 5.14. The number of aliphatic hydroxyl groups is 1. The minimum absolute atomic E-state index is 0.0905. The molecule has 6 heteroatoms. The van der Waals surface area contributed by atoms with Crippen LogP contribution in [-0.4, -0.2) is 25.7 Å². The van der Waals surface area contributed by atoms with Gasteiger partial charge in [-0.1, -0.05) is 61.0 Å². The first-order chi connectivity index (χ1) is 14.2. The number of rotatable bonds is 4. The van der Waals surface area contributed by atoms with Crippen LogP contribution in [0.5, 0.6) is 0 Å². The second-order valence-corrected chi connectivity index (χ2v) is 7.01. The van der Waals surface area contributed by atoms with Crippen LogP contribution in [0.2, 0.25) is 0 Å². The third kappa shape index (κ3) is 3.67. The second-order valence-electron chi connectivity index (χ2n) is 7.01. The molecule has 2 aromatic carbocycles. The van der Waals surface area contributed by atoms with Gasteiger partial charge in [-0.2, -0.15) is 5.26 Å². The maximum absolute atomic E-state index is 12.5. The molecule has 4 rings (SSSR count). The Bertz CT molecular complexity index is 1110. The maximum atomic E-state index is 12.5. The molecule has 0 saturated carbocycles. The molecule has 0 radical (unpaired) electrons. The summed E-state index contributed by atoms with van der Waals surface area (Å²) in [5, 5.41) is 28.8. The van der Waals surface area contributed by atoms with E-state index >= 15 is 0 Å². The Morgan fingerprint density at radius 2 is 1.62 bits per heavy atom. The molecule has 1 aliphatic rings. The Labute approximate surface area is 168 Å². The molecule has 29 heavy (non-hydrogen) atoms. The molecule has 2 heterocycles. The molecule has 0 saturated heterocycles. The molecule has 144 valence electrons. The molecule has 1 aromatic heterocycles. The first-order valence-electron chi connectivity index (χ1n) is 9.65. The van der Waals surface area contributed by atoms with Crippen molar-refractivity contribution in [2.75, 3.05) is 0 Å². The lowest BCUT2D eigenvalue weighted by Crippen LogP contribution is -2.06. The molecule has 1 aliphatic heterocycles. The van der Waals surface area contributed by atoms with Crippen LogP contribution >= 0.6 is 0 Å². The van der Waals surface area contributed by atoms with E-state index < -0.39 is 0 Å². The summed E-state index contributed by atoms with van der Waals surface area (Å²) in [6.07, 6.45) is 3.97. The van der Waals surface area contributed by atoms with E-state index in [9.17, 15) is 15.2 Å². The Morgan fingerprint density at radius 1 is 0.931 bits per heavy atom. The Morgan fingerprint density at radius 3 is 2.34 bits per heavy atom.